The van der Waals surface area contributed by atoms with Crippen LogP contribution in [0.1, 0.15) is 14.8 Å². The van der Waals surface area contributed by atoms with Gasteiger partial charge in [-0.2, -0.15) is 5.26 Å². The summed E-state index contributed by atoms with van der Waals surface area (Å²) in [5.74, 6) is 0. The van der Waals surface area contributed by atoms with Gasteiger partial charge < -0.3 is 0 Å². The van der Waals surface area contributed by atoms with Crippen molar-refractivity contribution in [1.29, 1.82) is 5.26 Å². The van der Waals surface area contributed by atoms with Crippen molar-refractivity contribution < 1.29 is 0 Å². The first kappa shape index (κ1) is 17.4. The zero-order valence-corrected chi connectivity index (χ0v) is 16.3. The maximum absolute atomic E-state index is 9.54. The highest BCUT2D eigenvalue weighted by Gasteiger charge is 2.10. The van der Waals surface area contributed by atoms with Gasteiger partial charge in [0.25, 0.3) is 0 Å². The normalized spacial score (nSPS) is 11.3. The van der Waals surface area contributed by atoms with E-state index < -0.39 is 0 Å². The number of nitriles is 1. The summed E-state index contributed by atoms with van der Waals surface area (Å²) in [6.45, 7) is 2.06. The lowest BCUT2D eigenvalue weighted by molar-refractivity contribution is 1.37. The van der Waals surface area contributed by atoms with Gasteiger partial charge in [-0.05, 0) is 36.3 Å². The molecule has 2 heterocycles. The fourth-order valence-corrected chi connectivity index (χ4v) is 4.42. The molecule has 0 radical (unpaired) electrons. The van der Waals surface area contributed by atoms with E-state index in [1.165, 1.54) is 27.3 Å². The lowest BCUT2D eigenvalue weighted by Gasteiger charge is -2.02. The molecule has 0 aliphatic rings. The second-order valence-electron chi connectivity index (χ2n) is 6.10. The van der Waals surface area contributed by atoms with Crippen LogP contribution in [-0.4, -0.2) is 4.98 Å². The van der Waals surface area contributed by atoms with Crippen molar-refractivity contribution in [3.05, 3.63) is 86.9 Å². The van der Waals surface area contributed by atoms with Gasteiger partial charge in [0, 0.05) is 20.7 Å². The van der Waals surface area contributed by atoms with E-state index in [1.807, 2.05) is 35.7 Å². The molecule has 2 aromatic heterocycles. The number of aromatic nitrogens is 1. The van der Waals surface area contributed by atoms with Gasteiger partial charge in [0.15, 0.2) is 0 Å². The molecule has 0 bridgehead atoms. The van der Waals surface area contributed by atoms with Gasteiger partial charge in [-0.25, -0.2) is 4.98 Å². The van der Waals surface area contributed by atoms with Gasteiger partial charge >= 0.3 is 0 Å². The van der Waals surface area contributed by atoms with Gasteiger partial charge in [-0.3, -0.25) is 0 Å². The van der Waals surface area contributed by atoms with Crippen LogP contribution in [-0.2, 0) is 0 Å². The van der Waals surface area contributed by atoms with Gasteiger partial charge in [0.1, 0.15) is 11.1 Å². The molecule has 2 nitrogen and oxygen atoms in total. The van der Waals surface area contributed by atoms with Crippen LogP contribution in [0.25, 0.3) is 34.0 Å². The first-order valence-corrected chi connectivity index (χ1v) is 10.2. The number of rotatable bonds is 4. The lowest BCUT2D eigenvalue weighted by Crippen LogP contribution is -1.83. The third-order valence-corrected chi connectivity index (χ3v) is 6.01. The quantitative estimate of drug-likeness (QED) is 0.358. The van der Waals surface area contributed by atoms with Crippen LogP contribution in [0.15, 0.2) is 72.1 Å². The van der Waals surface area contributed by atoms with E-state index in [0.717, 1.165) is 21.1 Å². The minimum atomic E-state index is 0.606. The second kappa shape index (κ2) is 7.71. The summed E-state index contributed by atoms with van der Waals surface area (Å²) in [6.07, 6.45) is 1.92. The number of benzene rings is 2. The molecule has 0 spiro atoms. The van der Waals surface area contributed by atoms with Crippen molar-refractivity contribution in [2.45, 2.75) is 6.92 Å². The first-order valence-electron chi connectivity index (χ1n) is 8.53. The summed E-state index contributed by atoms with van der Waals surface area (Å²) in [4.78, 5) is 7.00. The summed E-state index contributed by atoms with van der Waals surface area (Å²) in [5.41, 5.74) is 4.94. The van der Waals surface area contributed by atoms with E-state index in [9.17, 15) is 5.26 Å². The fourth-order valence-electron chi connectivity index (χ4n) is 2.81. The van der Waals surface area contributed by atoms with Gasteiger partial charge in [-0.15, -0.1) is 22.7 Å². The molecule has 0 amide bonds. The zero-order valence-electron chi connectivity index (χ0n) is 14.7. The van der Waals surface area contributed by atoms with Crippen molar-refractivity contribution in [2.75, 3.05) is 0 Å². The molecule has 0 unspecified atom stereocenters. The maximum Gasteiger partial charge on any atom is 0.134 e. The highest BCUT2D eigenvalue weighted by atomic mass is 32.1. The molecular weight excluding hydrogens is 368 g/mol. The molecule has 0 saturated carbocycles. The van der Waals surface area contributed by atoms with E-state index in [2.05, 4.69) is 60.4 Å². The number of thiazole rings is 1. The monoisotopic (exact) mass is 384 g/mol. The second-order valence-corrected chi connectivity index (χ2v) is 8.28. The van der Waals surface area contributed by atoms with Crippen molar-refractivity contribution in [1.82, 2.24) is 4.98 Å². The van der Waals surface area contributed by atoms with Crippen LogP contribution in [0, 0.1) is 18.3 Å². The molecule has 130 valence electrons. The summed E-state index contributed by atoms with van der Waals surface area (Å²) < 4.78 is 0. The highest BCUT2D eigenvalue weighted by Crippen LogP contribution is 2.30. The van der Waals surface area contributed by atoms with E-state index in [0.29, 0.717) is 5.57 Å². The van der Waals surface area contributed by atoms with Gasteiger partial charge in [0.2, 0.25) is 0 Å². The number of aryl methyl sites for hydroxylation is 1. The molecule has 4 heteroatoms. The Morgan fingerprint density at radius 2 is 1.63 bits per heavy atom. The third kappa shape index (κ3) is 3.90. The lowest BCUT2D eigenvalue weighted by atomic mass is 10.0. The van der Waals surface area contributed by atoms with Crippen LogP contribution in [0.3, 0.4) is 0 Å². The Balaban J connectivity index is 1.60. The Labute approximate surface area is 166 Å². The molecule has 2 aromatic carbocycles. The zero-order chi connectivity index (χ0) is 18.6. The van der Waals surface area contributed by atoms with Crippen LogP contribution in [0.5, 0.6) is 0 Å². The van der Waals surface area contributed by atoms with Crippen molar-refractivity contribution >= 4 is 34.3 Å². The third-order valence-electron chi connectivity index (χ3n) is 4.19. The Bertz CT molecular complexity index is 1130. The molecule has 4 rings (SSSR count). The van der Waals surface area contributed by atoms with Crippen molar-refractivity contribution in [2.24, 2.45) is 0 Å². The van der Waals surface area contributed by atoms with Gasteiger partial charge in [-0.1, -0.05) is 54.6 Å². The summed E-state index contributed by atoms with van der Waals surface area (Å²) >= 11 is 3.18. The predicted octanol–water partition coefficient (Wildman–Crippen LogP) is 6.91. The minimum absolute atomic E-state index is 0.606. The Morgan fingerprint density at radius 1 is 0.926 bits per heavy atom. The Morgan fingerprint density at radius 3 is 2.30 bits per heavy atom. The van der Waals surface area contributed by atoms with Crippen molar-refractivity contribution in [3.63, 3.8) is 0 Å². The molecular formula is C23H16N2S2. The van der Waals surface area contributed by atoms with Crippen molar-refractivity contribution in [3.8, 4) is 28.5 Å². The number of nitrogens with zero attached hydrogens (tertiary/aromatic N) is 2. The summed E-state index contributed by atoms with van der Waals surface area (Å²) in [6, 6.07) is 25.1. The van der Waals surface area contributed by atoms with E-state index in [1.54, 1.807) is 11.3 Å². The number of hydrogen-bond acceptors (Lipinski definition) is 4. The molecule has 4 aromatic rings. The Hall–Kier alpha value is -3.00. The number of hydrogen-bond donors (Lipinski definition) is 0. The van der Waals surface area contributed by atoms with Crippen LogP contribution >= 0.6 is 22.7 Å². The smallest absolute Gasteiger partial charge is 0.134 e. The van der Waals surface area contributed by atoms with E-state index in [-0.39, 0.29) is 0 Å². The maximum atomic E-state index is 9.54. The average Bonchev–Trinajstić information content (AvgIpc) is 3.36. The fraction of sp³-hybridized carbons (Fsp3) is 0.0435. The SMILES string of the molecule is Cc1ccc(/C=C(\C#N)c2nc(-c3ccc(-c4ccccc4)cc3)cs2)s1. The van der Waals surface area contributed by atoms with Gasteiger partial charge in [0.05, 0.1) is 11.3 Å². The highest BCUT2D eigenvalue weighted by molar-refractivity contribution is 7.13. The van der Waals surface area contributed by atoms with Crippen LogP contribution < -0.4 is 0 Å². The number of thiophene rings is 1. The van der Waals surface area contributed by atoms with Crippen LogP contribution in [0.4, 0.5) is 0 Å². The first-order chi connectivity index (χ1) is 13.2. The summed E-state index contributed by atoms with van der Waals surface area (Å²) in [7, 11) is 0. The average molecular weight is 385 g/mol. The van der Waals surface area contributed by atoms with E-state index >= 15 is 0 Å². The molecule has 0 aliphatic heterocycles. The summed E-state index contributed by atoms with van der Waals surface area (Å²) in [5, 5.41) is 12.3. The molecule has 27 heavy (non-hydrogen) atoms. The predicted molar refractivity (Wildman–Crippen MR) is 116 cm³/mol. The topological polar surface area (TPSA) is 36.7 Å². The number of allylic oxidation sites excluding steroid dienone is 1. The molecule has 0 N–H and O–H groups in total. The standard InChI is InChI=1S/C23H16N2S2/c1-16-7-12-21(27-16)13-20(14-24)23-25-22(15-26-23)19-10-8-18(9-11-19)17-5-3-2-4-6-17/h2-13,15H,1H3/b20-13+. The minimum Gasteiger partial charge on any atom is -0.235 e. The molecule has 0 saturated heterocycles. The Kier molecular flexibility index (Phi) is 4.97. The van der Waals surface area contributed by atoms with E-state index in [4.69, 9.17) is 0 Å². The molecule has 0 atom stereocenters. The molecule has 0 aliphatic carbocycles. The molecule has 0 fully saturated rings. The largest absolute Gasteiger partial charge is 0.235 e. The van der Waals surface area contributed by atoms with Crippen LogP contribution in [0.2, 0.25) is 0 Å².